The fraction of sp³-hybridized carbons (Fsp3) is 0.154. The molecule has 0 aliphatic heterocycles. The minimum Gasteiger partial charge on any atom is -0.476 e. The molecule has 0 fully saturated rings. The van der Waals surface area contributed by atoms with E-state index >= 15 is 0 Å². The Labute approximate surface area is 123 Å². The average Bonchev–Trinajstić information content (AvgIpc) is 2.39. The molecule has 0 saturated heterocycles. The number of halogens is 1. The molecular formula is C13H11IN2O3. The Bertz CT molecular complexity index is 677. The summed E-state index contributed by atoms with van der Waals surface area (Å²) < 4.78 is 2.50. The normalized spacial score (nSPS) is 10.4. The smallest absolute Gasteiger partial charge is 0.360 e. The number of aromatic carboxylic acids is 1. The molecule has 19 heavy (non-hydrogen) atoms. The van der Waals surface area contributed by atoms with Gasteiger partial charge in [0, 0.05) is 15.3 Å². The predicted octanol–water partition coefficient (Wildman–Crippen LogP) is 2.10. The van der Waals surface area contributed by atoms with Crippen molar-refractivity contribution in [2.75, 3.05) is 0 Å². The molecule has 2 rings (SSSR count). The minimum atomic E-state index is -1.31. The lowest BCUT2D eigenvalue weighted by atomic mass is 10.2. The van der Waals surface area contributed by atoms with Crippen LogP contribution in [0.2, 0.25) is 0 Å². The molecule has 1 heterocycles. The molecule has 6 heteroatoms. The highest BCUT2D eigenvalue weighted by Crippen LogP contribution is 2.11. The number of benzene rings is 1. The van der Waals surface area contributed by atoms with E-state index in [1.54, 1.807) is 13.1 Å². The SMILES string of the molecule is CCc1cn(-c2ccc(I)cc2)nc(C(=O)O)c1=O. The van der Waals surface area contributed by atoms with Crippen LogP contribution in [0.5, 0.6) is 0 Å². The van der Waals surface area contributed by atoms with Crippen molar-refractivity contribution in [1.29, 1.82) is 0 Å². The highest BCUT2D eigenvalue weighted by atomic mass is 127. The molecule has 0 amide bonds. The molecule has 0 radical (unpaired) electrons. The Morgan fingerprint density at radius 3 is 2.53 bits per heavy atom. The number of hydrogen-bond donors (Lipinski definition) is 1. The van der Waals surface area contributed by atoms with Crippen LogP contribution in [0.3, 0.4) is 0 Å². The lowest BCUT2D eigenvalue weighted by Gasteiger charge is -2.08. The fourth-order valence-electron chi connectivity index (χ4n) is 1.66. The zero-order chi connectivity index (χ0) is 14.0. The highest BCUT2D eigenvalue weighted by Gasteiger charge is 2.15. The van der Waals surface area contributed by atoms with Crippen LogP contribution in [-0.2, 0) is 6.42 Å². The van der Waals surface area contributed by atoms with Gasteiger partial charge in [-0.05, 0) is 53.3 Å². The summed E-state index contributed by atoms with van der Waals surface area (Å²) in [4.78, 5) is 22.9. The van der Waals surface area contributed by atoms with E-state index in [-0.39, 0.29) is 0 Å². The monoisotopic (exact) mass is 370 g/mol. The number of hydrogen-bond acceptors (Lipinski definition) is 3. The van der Waals surface area contributed by atoms with Gasteiger partial charge in [-0.25, -0.2) is 9.48 Å². The van der Waals surface area contributed by atoms with Gasteiger partial charge in [-0.3, -0.25) is 4.79 Å². The fourth-order valence-corrected chi connectivity index (χ4v) is 2.02. The average molecular weight is 370 g/mol. The maximum atomic E-state index is 11.8. The molecular weight excluding hydrogens is 359 g/mol. The summed E-state index contributed by atoms with van der Waals surface area (Å²) >= 11 is 2.18. The van der Waals surface area contributed by atoms with Crippen LogP contribution in [0.25, 0.3) is 5.69 Å². The first-order valence-corrected chi connectivity index (χ1v) is 6.73. The minimum absolute atomic E-state index is 0.436. The summed E-state index contributed by atoms with van der Waals surface area (Å²) in [5.41, 5.74) is 0.193. The van der Waals surface area contributed by atoms with Crippen molar-refractivity contribution in [2.45, 2.75) is 13.3 Å². The second kappa shape index (κ2) is 5.52. The van der Waals surface area contributed by atoms with Crippen molar-refractivity contribution >= 4 is 28.6 Å². The van der Waals surface area contributed by atoms with Gasteiger partial charge in [-0.15, -0.1) is 0 Å². The van der Waals surface area contributed by atoms with Gasteiger partial charge in [-0.1, -0.05) is 6.92 Å². The van der Waals surface area contributed by atoms with E-state index in [2.05, 4.69) is 27.7 Å². The third-order valence-corrected chi connectivity index (χ3v) is 3.39. The largest absolute Gasteiger partial charge is 0.476 e. The van der Waals surface area contributed by atoms with Crippen molar-refractivity contribution < 1.29 is 9.90 Å². The van der Waals surface area contributed by atoms with Gasteiger partial charge in [0.1, 0.15) is 0 Å². The van der Waals surface area contributed by atoms with E-state index in [1.165, 1.54) is 4.68 Å². The van der Waals surface area contributed by atoms with Crippen LogP contribution in [-0.4, -0.2) is 20.9 Å². The zero-order valence-corrected chi connectivity index (χ0v) is 12.3. The van der Waals surface area contributed by atoms with E-state index in [0.29, 0.717) is 12.0 Å². The lowest BCUT2D eigenvalue weighted by Crippen LogP contribution is -2.24. The van der Waals surface area contributed by atoms with Crippen LogP contribution in [0.15, 0.2) is 35.3 Å². The van der Waals surface area contributed by atoms with Crippen LogP contribution in [0.4, 0.5) is 0 Å². The molecule has 0 bridgehead atoms. The van der Waals surface area contributed by atoms with Crippen molar-refractivity contribution in [3.63, 3.8) is 0 Å². The number of nitrogens with zero attached hydrogens (tertiary/aromatic N) is 2. The number of carboxylic acids is 1. The quantitative estimate of drug-likeness (QED) is 0.840. The molecule has 1 aromatic heterocycles. The lowest BCUT2D eigenvalue weighted by molar-refractivity contribution is 0.0686. The topological polar surface area (TPSA) is 72.2 Å². The molecule has 1 aromatic carbocycles. The second-order valence-corrected chi connectivity index (χ2v) is 5.16. The van der Waals surface area contributed by atoms with Gasteiger partial charge in [0.05, 0.1) is 5.69 Å². The Kier molecular flexibility index (Phi) is 3.98. The summed E-state index contributed by atoms with van der Waals surface area (Å²) in [5, 5.41) is 12.9. The molecule has 0 aliphatic carbocycles. The number of carboxylic acid groups (broad SMARTS) is 1. The maximum Gasteiger partial charge on any atom is 0.360 e. The second-order valence-electron chi connectivity index (χ2n) is 3.91. The van der Waals surface area contributed by atoms with E-state index in [4.69, 9.17) is 5.11 Å². The summed E-state index contributed by atoms with van der Waals surface area (Å²) in [6.45, 7) is 1.81. The van der Waals surface area contributed by atoms with Crippen LogP contribution in [0, 0.1) is 3.57 Å². The Balaban J connectivity index is 2.64. The molecule has 0 spiro atoms. The highest BCUT2D eigenvalue weighted by molar-refractivity contribution is 14.1. The van der Waals surface area contributed by atoms with Crippen LogP contribution in [0.1, 0.15) is 23.0 Å². The van der Waals surface area contributed by atoms with Gasteiger partial charge >= 0.3 is 5.97 Å². The standard InChI is InChI=1S/C13H11IN2O3/c1-2-8-7-16(10-5-3-9(14)4-6-10)15-11(12(8)17)13(18)19/h3-7H,2H2,1H3,(H,18,19). The molecule has 0 aliphatic rings. The first kappa shape index (κ1) is 13.7. The van der Waals surface area contributed by atoms with Crippen LogP contribution >= 0.6 is 22.6 Å². The van der Waals surface area contributed by atoms with E-state index in [1.807, 2.05) is 24.3 Å². The number of carbonyl (C=O) groups is 1. The Morgan fingerprint density at radius 1 is 1.37 bits per heavy atom. The van der Waals surface area contributed by atoms with Gasteiger partial charge < -0.3 is 5.11 Å². The van der Waals surface area contributed by atoms with Gasteiger partial charge in [0.25, 0.3) is 0 Å². The number of aryl methyl sites for hydroxylation is 1. The molecule has 2 aromatic rings. The van der Waals surface area contributed by atoms with Gasteiger partial charge in [0.15, 0.2) is 0 Å². The van der Waals surface area contributed by atoms with E-state index in [0.717, 1.165) is 9.26 Å². The maximum absolute atomic E-state index is 11.8. The molecule has 1 N–H and O–H groups in total. The summed E-state index contributed by atoms with van der Waals surface area (Å²) in [6.07, 6.45) is 2.04. The van der Waals surface area contributed by atoms with Gasteiger partial charge in [-0.2, -0.15) is 5.10 Å². The zero-order valence-electron chi connectivity index (χ0n) is 10.1. The van der Waals surface area contributed by atoms with Crippen molar-refractivity contribution in [3.05, 3.63) is 55.5 Å². The van der Waals surface area contributed by atoms with E-state index in [9.17, 15) is 9.59 Å². The summed E-state index contributed by atoms with van der Waals surface area (Å²) in [5.74, 6) is -1.31. The first-order valence-electron chi connectivity index (χ1n) is 5.65. The predicted molar refractivity (Wildman–Crippen MR) is 78.9 cm³/mol. The number of aromatic nitrogens is 2. The summed E-state index contributed by atoms with van der Waals surface area (Å²) in [7, 11) is 0. The molecule has 0 atom stereocenters. The first-order chi connectivity index (χ1) is 9.02. The Hall–Kier alpha value is -1.70. The van der Waals surface area contributed by atoms with Gasteiger partial charge in [0.2, 0.25) is 11.1 Å². The third-order valence-electron chi connectivity index (χ3n) is 2.67. The van der Waals surface area contributed by atoms with Crippen molar-refractivity contribution in [1.82, 2.24) is 9.78 Å². The molecule has 5 nitrogen and oxygen atoms in total. The van der Waals surface area contributed by atoms with E-state index < -0.39 is 17.1 Å². The Morgan fingerprint density at radius 2 is 2.00 bits per heavy atom. The summed E-state index contributed by atoms with van der Waals surface area (Å²) in [6, 6.07) is 7.43. The number of rotatable bonds is 3. The van der Waals surface area contributed by atoms with Crippen LogP contribution < -0.4 is 5.43 Å². The third kappa shape index (κ3) is 2.83. The molecule has 0 saturated carbocycles. The van der Waals surface area contributed by atoms with Crippen molar-refractivity contribution in [3.8, 4) is 5.69 Å². The van der Waals surface area contributed by atoms with Crippen molar-refractivity contribution in [2.24, 2.45) is 0 Å². The molecule has 98 valence electrons. The molecule has 0 unspecified atom stereocenters.